The molecule has 0 fully saturated rings. The molecule has 7 heteroatoms. The lowest BCUT2D eigenvalue weighted by molar-refractivity contribution is -0.692. The summed E-state index contributed by atoms with van der Waals surface area (Å²) < 4.78 is 12.1. The summed E-state index contributed by atoms with van der Waals surface area (Å²) >= 11 is 0. The Labute approximate surface area is 86.0 Å². The Balaban J connectivity index is 2.65. The molecule has 1 heterocycles. The maximum atomic E-state index is 10.6. The summed E-state index contributed by atoms with van der Waals surface area (Å²) in [7, 11) is -4.00. The molecule has 0 aliphatic carbocycles. The number of aromatic nitrogens is 1. The molecule has 0 aromatic carbocycles. The highest BCUT2D eigenvalue weighted by atomic mass is 31.2. The van der Waals surface area contributed by atoms with E-state index in [2.05, 4.69) is 0 Å². The molecule has 15 heavy (non-hydrogen) atoms. The Hall–Kier alpha value is -1.23. The average molecular weight is 232 g/mol. The molecule has 0 amide bonds. The predicted octanol–water partition coefficient (Wildman–Crippen LogP) is -0.150. The third kappa shape index (κ3) is 4.20. The molecule has 1 aromatic rings. The first kappa shape index (κ1) is 11.8. The number of aromatic carboxylic acids is 1. The average Bonchev–Trinajstić information content (AvgIpc) is 2.14. The molecular formula is C8H11NO5P+. The lowest BCUT2D eigenvalue weighted by atomic mass is 10.3. The minimum absolute atomic E-state index is 0.141. The highest BCUT2D eigenvalue weighted by Crippen LogP contribution is 2.33. The van der Waals surface area contributed by atoms with Gasteiger partial charge in [-0.05, 0) is 0 Å². The molecule has 0 radical (unpaired) electrons. The third-order valence-corrected chi connectivity index (χ3v) is 2.57. The van der Waals surface area contributed by atoms with Crippen LogP contribution in [-0.2, 0) is 11.1 Å². The quantitative estimate of drug-likeness (QED) is 0.495. The first-order valence-corrected chi connectivity index (χ1v) is 5.95. The second-order valence-electron chi connectivity index (χ2n) is 3.02. The van der Waals surface area contributed by atoms with Crippen molar-refractivity contribution in [1.82, 2.24) is 0 Å². The van der Waals surface area contributed by atoms with Gasteiger partial charge in [0.25, 0.3) is 0 Å². The zero-order chi connectivity index (χ0) is 11.5. The molecule has 1 rings (SSSR count). The number of rotatable bonds is 4. The van der Waals surface area contributed by atoms with Crippen LogP contribution in [0.25, 0.3) is 0 Å². The highest BCUT2D eigenvalue weighted by Gasteiger charge is 2.16. The largest absolute Gasteiger partial charge is 0.478 e. The normalized spacial score (nSPS) is 11.3. The lowest BCUT2D eigenvalue weighted by Crippen LogP contribution is -2.34. The van der Waals surface area contributed by atoms with Crippen LogP contribution in [-0.4, -0.2) is 27.0 Å². The first-order valence-electron chi connectivity index (χ1n) is 4.15. The molecule has 3 N–H and O–H groups in total. The van der Waals surface area contributed by atoms with Crippen molar-refractivity contribution in [3.8, 4) is 0 Å². The Morgan fingerprint density at radius 1 is 1.33 bits per heavy atom. The van der Waals surface area contributed by atoms with E-state index in [1.54, 1.807) is 0 Å². The van der Waals surface area contributed by atoms with E-state index in [1.165, 1.54) is 29.1 Å². The van der Waals surface area contributed by atoms with Gasteiger partial charge in [0, 0.05) is 12.1 Å². The van der Waals surface area contributed by atoms with Crippen molar-refractivity contribution in [2.75, 3.05) is 6.16 Å². The summed E-state index contributed by atoms with van der Waals surface area (Å²) in [6.07, 6.45) is 2.68. The molecule has 0 bridgehead atoms. The summed E-state index contributed by atoms with van der Waals surface area (Å²) in [5, 5.41) is 8.60. The summed E-state index contributed by atoms with van der Waals surface area (Å²) in [5.74, 6) is -1.03. The standard InChI is InChI=1S/C8H10NO5P/c10-8(11)7-1-3-9(4-2-7)5-6-15(12,13)14/h1-4H,5-6H2,(H2-,10,11,12,13,14)/p+1. The summed E-state index contributed by atoms with van der Waals surface area (Å²) in [6, 6.07) is 2.75. The van der Waals surface area contributed by atoms with Crippen LogP contribution in [0.3, 0.4) is 0 Å². The number of aryl methyl sites for hydroxylation is 1. The van der Waals surface area contributed by atoms with Gasteiger partial charge in [-0.1, -0.05) is 0 Å². The maximum absolute atomic E-state index is 10.6. The smallest absolute Gasteiger partial charge is 0.336 e. The van der Waals surface area contributed by atoms with Crippen LogP contribution < -0.4 is 4.57 Å². The van der Waals surface area contributed by atoms with Crippen molar-refractivity contribution in [2.24, 2.45) is 0 Å². The second-order valence-corrected chi connectivity index (χ2v) is 4.79. The van der Waals surface area contributed by atoms with Gasteiger partial charge in [0.15, 0.2) is 18.9 Å². The summed E-state index contributed by atoms with van der Waals surface area (Å²) in [6.45, 7) is 0.157. The van der Waals surface area contributed by atoms with E-state index < -0.39 is 13.6 Å². The highest BCUT2D eigenvalue weighted by molar-refractivity contribution is 7.51. The van der Waals surface area contributed by atoms with Crippen LogP contribution >= 0.6 is 7.60 Å². The van der Waals surface area contributed by atoms with Crippen LogP contribution in [0.15, 0.2) is 24.5 Å². The van der Waals surface area contributed by atoms with Crippen LogP contribution in [0, 0.1) is 0 Å². The van der Waals surface area contributed by atoms with Crippen LogP contribution in [0.5, 0.6) is 0 Å². The SMILES string of the molecule is O=C(O)c1cc[n+](CCP(=O)(O)O)cc1. The topological polar surface area (TPSA) is 98.7 Å². The minimum Gasteiger partial charge on any atom is -0.478 e. The zero-order valence-electron chi connectivity index (χ0n) is 7.78. The van der Waals surface area contributed by atoms with Gasteiger partial charge >= 0.3 is 13.6 Å². The van der Waals surface area contributed by atoms with Gasteiger partial charge in [0.2, 0.25) is 0 Å². The number of hydrogen-bond donors (Lipinski definition) is 3. The van der Waals surface area contributed by atoms with E-state index >= 15 is 0 Å². The molecular weight excluding hydrogens is 221 g/mol. The van der Waals surface area contributed by atoms with Crippen LogP contribution in [0.2, 0.25) is 0 Å². The van der Waals surface area contributed by atoms with Crippen molar-refractivity contribution < 1.29 is 28.8 Å². The third-order valence-electron chi connectivity index (χ3n) is 1.79. The molecule has 82 valence electrons. The Bertz CT molecular complexity index is 396. The fourth-order valence-corrected chi connectivity index (χ4v) is 1.49. The molecule has 0 atom stereocenters. The first-order chi connectivity index (χ1) is 6.88. The number of hydrogen-bond acceptors (Lipinski definition) is 2. The molecule has 6 nitrogen and oxygen atoms in total. The van der Waals surface area contributed by atoms with Crippen LogP contribution in [0.4, 0.5) is 0 Å². The van der Waals surface area contributed by atoms with E-state index in [1.807, 2.05) is 0 Å². The predicted molar refractivity (Wildman–Crippen MR) is 50.5 cm³/mol. The van der Waals surface area contributed by atoms with Crippen molar-refractivity contribution in [2.45, 2.75) is 6.54 Å². The molecule has 0 spiro atoms. The van der Waals surface area contributed by atoms with E-state index in [0.717, 1.165) is 0 Å². The Kier molecular flexibility index (Phi) is 3.57. The monoisotopic (exact) mass is 232 g/mol. The van der Waals surface area contributed by atoms with Crippen molar-refractivity contribution >= 4 is 13.6 Å². The molecule has 0 unspecified atom stereocenters. The van der Waals surface area contributed by atoms with Crippen molar-refractivity contribution in [3.63, 3.8) is 0 Å². The van der Waals surface area contributed by atoms with Gasteiger partial charge in [0.1, 0.15) is 6.16 Å². The Morgan fingerprint density at radius 2 is 1.87 bits per heavy atom. The number of pyridine rings is 1. The minimum atomic E-state index is -4.00. The van der Waals surface area contributed by atoms with E-state index in [9.17, 15) is 9.36 Å². The zero-order valence-corrected chi connectivity index (χ0v) is 8.67. The van der Waals surface area contributed by atoms with Crippen LogP contribution in [0.1, 0.15) is 10.4 Å². The van der Waals surface area contributed by atoms with Gasteiger partial charge in [-0.15, -0.1) is 0 Å². The second kappa shape index (κ2) is 4.53. The lowest BCUT2D eigenvalue weighted by Gasteiger charge is -2.00. The Morgan fingerprint density at radius 3 is 2.27 bits per heavy atom. The van der Waals surface area contributed by atoms with Gasteiger partial charge < -0.3 is 14.9 Å². The van der Waals surface area contributed by atoms with E-state index in [4.69, 9.17) is 14.9 Å². The fourth-order valence-electron chi connectivity index (χ4n) is 0.995. The molecule has 0 aliphatic rings. The summed E-state index contributed by atoms with van der Waals surface area (Å²) in [5.41, 5.74) is 0.141. The summed E-state index contributed by atoms with van der Waals surface area (Å²) in [4.78, 5) is 27.7. The van der Waals surface area contributed by atoms with E-state index in [0.29, 0.717) is 0 Å². The maximum Gasteiger partial charge on any atom is 0.336 e. The molecule has 0 saturated carbocycles. The number of carbonyl (C=O) groups is 1. The molecule has 0 aliphatic heterocycles. The number of nitrogens with zero attached hydrogens (tertiary/aromatic N) is 1. The fraction of sp³-hybridized carbons (Fsp3) is 0.250. The van der Waals surface area contributed by atoms with Crippen molar-refractivity contribution in [3.05, 3.63) is 30.1 Å². The van der Waals surface area contributed by atoms with E-state index in [-0.39, 0.29) is 18.3 Å². The van der Waals surface area contributed by atoms with Gasteiger partial charge in [-0.25, -0.2) is 9.36 Å². The van der Waals surface area contributed by atoms with Gasteiger partial charge in [0.05, 0.1) is 5.56 Å². The van der Waals surface area contributed by atoms with Gasteiger partial charge in [-0.3, -0.25) is 4.57 Å². The molecule has 0 saturated heterocycles. The van der Waals surface area contributed by atoms with Gasteiger partial charge in [-0.2, -0.15) is 0 Å². The van der Waals surface area contributed by atoms with Crippen molar-refractivity contribution in [1.29, 1.82) is 0 Å². The molecule has 1 aromatic heterocycles. The number of carboxylic acid groups (broad SMARTS) is 1. The number of carboxylic acids is 1.